The highest BCUT2D eigenvalue weighted by atomic mass is 16.5. The number of rotatable bonds is 18. The van der Waals surface area contributed by atoms with Crippen LogP contribution in [0.3, 0.4) is 0 Å². The molecule has 5 nitrogen and oxygen atoms in total. The monoisotopic (exact) mass is 457 g/mol. The quantitative estimate of drug-likeness (QED) is 0.108. The minimum absolute atomic E-state index is 0.212. The van der Waals surface area contributed by atoms with Gasteiger partial charge in [0.25, 0.3) is 5.91 Å². The van der Waals surface area contributed by atoms with Crippen LogP contribution in [0.15, 0.2) is 43.0 Å². The fourth-order valence-electron chi connectivity index (χ4n) is 3.91. The van der Waals surface area contributed by atoms with Gasteiger partial charge in [0.05, 0.1) is 27.0 Å². The second-order valence-electron chi connectivity index (χ2n) is 8.22. The molecule has 5 heteroatoms. The van der Waals surface area contributed by atoms with Gasteiger partial charge in [0.2, 0.25) is 0 Å². The molecule has 1 rings (SSSR count). The first-order valence-electron chi connectivity index (χ1n) is 12.1. The zero-order chi connectivity index (χ0) is 24.5. The summed E-state index contributed by atoms with van der Waals surface area (Å²) in [5.74, 6) is 1.64. The van der Waals surface area contributed by atoms with E-state index in [1.165, 1.54) is 44.9 Å². The lowest BCUT2D eigenvalue weighted by Crippen LogP contribution is -2.14. The van der Waals surface area contributed by atoms with Gasteiger partial charge < -0.3 is 19.5 Å². The highest BCUT2D eigenvalue weighted by Gasteiger charge is 2.21. The first-order chi connectivity index (χ1) is 16.0. The molecule has 0 atom stereocenters. The van der Waals surface area contributed by atoms with E-state index >= 15 is 0 Å². The molecular formula is C28H43NO4. The molecule has 0 bridgehead atoms. The third kappa shape index (κ3) is 9.77. The first-order valence-corrected chi connectivity index (χ1v) is 12.1. The van der Waals surface area contributed by atoms with Crippen molar-refractivity contribution in [1.29, 1.82) is 0 Å². The SMILES string of the molecule is C=C/C=C(\C)C(=O)Nc1cc(OC)c(OC)c(CCCCCCCCCCCC=C)c1OC. The molecule has 0 spiro atoms. The fraction of sp³-hybridized carbons (Fsp3) is 0.536. The van der Waals surface area contributed by atoms with E-state index in [-0.39, 0.29) is 5.91 Å². The lowest BCUT2D eigenvalue weighted by atomic mass is 10.0. The summed E-state index contributed by atoms with van der Waals surface area (Å²) in [6, 6.07) is 1.75. The summed E-state index contributed by atoms with van der Waals surface area (Å²) in [7, 11) is 4.84. The van der Waals surface area contributed by atoms with Crippen LogP contribution < -0.4 is 19.5 Å². The lowest BCUT2D eigenvalue weighted by Gasteiger charge is -2.20. The Morgan fingerprint density at radius 2 is 1.45 bits per heavy atom. The van der Waals surface area contributed by atoms with E-state index in [0.717, 1.165) is 31.2 Å². The molecule has 0 radical (unpaired) electrons. The Morgan fingerprint density at radius 1 is 0.879 bits per heavy atom. The van der Waals surface area contributed by atoms with E-state index in [1.807, 2.05) is 6.08 Å². The molecule has 0 unspecified atom stereocenters. The molecule has 1 aromatic carbocycles. The molecule has 0 fully saturated rings. The van der Waals surface area contributed by atoms with Gasteiger partial charge in [-0.3, -0.25) is 4.79 Å². The standard InChI is InChI=1S/C28H43NO4/c1-7-9-10-11-12-13-14-15-16-17-18-20-23-26(32-5)24(21-25(31-4)27(23)33-6)29-28(30)22(3)19-8-2/h7-8,19,21H,1-2,9-18,20H2,3-6H3,(H,29,30)/b22-19+. The minimum atomic E-state index is -0.212. The molecule has 0 aliphatic carbocycles. The molecule has 0 aliphatic heterocycles. The van der Waals surface area contributed by atoms with Crippen molar-refractivity contribution < 1.29 is 19.0 Å². The summed E-state index contributed by atoms with van der Waals surface area (Å²) >= 11 is 0. The molecule has 1 aromatic rings. The Labute approximate surface area is 200 Å². The zero-order valence-corrected chi connectivity index (χ0v) is 21.1. The highest BCUT2D eigenvalue weighted by Crippen LogP contribution is 2.44. The van der Waals surface area contributed by atoms with E-state index < -0.39 is 0 Å². The molecule has 0 heterocycles. The third-order valence-corrected chi connectivity index (χ3v) is 5.73. The number of ether oxygens (including phenoxy) is 3. The molecule has 33 heavy (non-hydrogen) atoms. The largest absolute Gasteiger partial charge is 0.494 e. The molecular weight excluding hydrogens is 414 g/mol. The maximum atomic E-state index is 12.5. The van der Waals surface area contributed by atoms with Crippen molar-refractivity contribution in [1.82, 2.24) is 0 Å². The van der Waals surface area contributed by atoms with Gasteiger partial charge in [0, 0.05) is 17.2 Å². The van der Waals surface area contributed by atoms with E-state index in [4.69, 9.17) is 14.2 Å². The second-order valence-corrected chi connectivity index (χ2v) is 8.22. The topological polar surface area (TPSA) is 56.8 Å². The summed E-state index contributed by atoms with van der Waals surface area (Å²) < 4.78 is 16.9. The van der Waals surface area contributed by atoms with Gasteiger partial charge in [-0.15, -0.1) is 6.58 Å². The predicted octanol–water partition coefficient (Wildman–Crippen LogP) is 7.41. The third-order valence-electron chi connectivity index (χ3n) is 5.73. The number of carbonyl (C=O) groups is 1. The number of allylic oxidation sites excluding steroid dienone is 3. The molecule has 0 saturated heterocycles. The Bertz CT molecular complexity index is 783. The van der Waals surface area contributed by atoms with Crippen molar-refractivity contribution in [3.05, 3.63) is 48.6 Å². The normalized spacial score (nSPS) is 11.1. The van der Waals surface area contributed by atoms with Gasteiger partial charge in [0.15, 0.2) is 11.5 Å². The summed E-state index contributed by atoms with van der Waals surface area (Å²) in [6.07, 6.45) is 18.3. The minimum Gasteiger partial charge on any atom is -0.494 e. The highest BCUT2D eigenvalue weighted by molar-refractivity contribution is 6.04. The van der Waals surface area contributed by atoms with Crippen molar-refractivity contribution >= 4 is 11.6 Å². The van der Waals surface area contributed by atoms with Crippen molar-refractivity contribution in [2.45, 2.75) is 77.6 Å². The van der Waals surface area contributed by atoms with Crippen LogP contribution >= 0.6 is 0 Å². The Balaban J connectivity index is 2.76. The van der Waals surface area contributed by atoms with Gasteiger partial charge in [-0.25, -0.2) is 0 Å². The van der Waals surface area contributed by atoms with Crippen LogP contribution in [0.25, 0.3) is 0 Å². The molecule has 1 N–H and O–H groups in total. The van der Waals surface area contributed by atoms with Gasteiger partial charge in [0.1, 0.15) is 5.75 Å². The average molecular weight is 458 g/mol. The summed E-state index contributed by atoms with van der Waals surface area (Å²) in [4.78, 5) is 12.5. The number of anilines is 1. The van der Waals surface area contributed by atoms with Crippen LogP contribution in [0.1, 0.15) is 76.7 Å². The summed E-state index contributed by atoms with van der Waals surface area (Å²) in [5, 5.41) is 2.93. The predicted molar refractivity (Wildman–Crippen MR) is 139 cm³/mol. The van der Waals surface area contributed by atoms with E-state index in [0.29, 0.717) is 28.5 Å². The first kappa shape index (κ1) is 28.3. The number of carbonyl (C=O) groups excluding carboxylic acids is 1. The molecule has 184 valence electrons. The summed E-state index contributed by atoms with van der Waals surface area (Å²) in [6.45, 7) is 9.16. The van der Waals surface area contributed by atoms with Gasteiger partial charge in [-0.2, -0.15) is 0 Å². The van der Waals surface area contributed by atoms with Crippen LogP contribution in [-0.4, -0.2) is 27.2 Å². The number of nitrogens with one attached hydrogen (secondary N) is 1. The smallest absolute Gasteiger partial charge is 0.251 e. The number of amides is 1. The number of methoxy groups -OCH3 is 3. The van der Waals surface area contributed by atoms with Crippen molar-refractivity contribution in [3.63, 3.8) is 0 Å². The van der Waals surface area contributed by atoms with E-state index in [2.05, 4.69) is 18.5 Å². The van der Waals surface area contributed by atoms with E-state index in [9.17, 15) is 4.79 Å². The molecule has 0 saturated carbocycles. The van der Waals surface area contributed by atoms with E-state index in [1.54, 1.807) is 46.5 Å². The van der Waals surface area contributed by atoms with Crippen LogP contribution in [0.4, 0.5) is 5.69 Å². The molecule has 0 aromatic heterocycles. The number of unbranched alkanes of at least 4 members (excludes halogenated alkanes) is 9. The maximum Gasteiger partial charge on any atom is 0.251 e. The van der Waals surface area contributed by atoms with Crippen LogP contribution in [0, 0.1) is 0 Å². The lowest BCUT2D eigenvalue weighted by molar-refractivity contribution is -0.112. The fourth-order valence-corrected chi connectivity index (χ4v) is 3.91. The molecule has 1 amide bonds. The van der Waals surface area contributed by atoms with Crippen molar-refractivity contribution in [2.24, 2.45) is 0 Å². The maximum absolute atomic E-state index is 12.5. The second kappa shape index (κ2) is 16.9. The average Bonchev–Trinajstić information content (AvgIpc) is 2.82. The van der Waals surface area contributed by atoms with Gasteiger partial charge >= 0.3 is 0 Å². The van der Waals surface area contributed by atoms with Gasteiger partial charge in [-0.05, 0) is 32.6 Å². The van der Waals surface area contributed by atoms with Crippen LogP contribution in [0.5, 0.6) is 17.2 Å². The Kier molecular flexibility index (Phi) is 14.5. The van der Waals surface area contributed by atoms with Crippen LogP contribution in [-0.2, 0) is 11.2 Å². The summed E-state index contributed by atoms with van der Waals surface area (Å²) in [5.41, 5.74) is 2.05. The Hall–Kier alpha value is -2.69. The van der Waals surface area contributed by atoms with Gasteiger partial charge in [-0.1, -0.05) is 69.8 Å². The number of benzene rings is 1. The molecule has 0 aliphatic rings. The van der Waals surface area contributed by atoms with Crippen LogP contribution in [0.2, 0.25) is 0 Å². The van der Waals surface area contributed by atoms with Crippen molar-refractivity contribution in [3.8, 4) is 17.2 Å². The Morgan fingerprint density at radius 3 is 1.97 bits per heavy atom. The zero-order valence-electron chi connectivity index (χ0n) is 21.1. The van der Waals surface area contributed by atoms with Crippen molar-refractivity contribution in [2.75, 3.05) is 26.6 Å². The number of hydrogen-bond donors (Lipinski definition) is 1. The number of hydrogen-bond acceptors (Lipinski definition) is 4.